The van der Waals surface area contributed by atoms with Gasteiger partial charge in [0.15, 0.2) is 6.10 Å². The van der Waals surface area contributed by atoms with Crippen molar-refractivity contribution in [1.29, 1.82) is 0 Å². The Bertz CT molecular complexity index is 557. The number of hydrogen-bond donors (Lipinski definition) is 2. The molecule has 0 saturated carbocycles. The second-order valence-corrected chi connectivity index (χ2v) is 8.93. The molecule has 0 aromatic carbocycles. The molecule has 1 heterocycles. The van der Waals surface area contributed by atoms with Crippen molar-refractivity contribution in [2.45, 2.75) is 64.0 Å². The second-order valence-electron chi connectivity index (χ2n) is 7.89. The van der Waals surface area contributed by atoms with E-state index in [0.717, 1.165) is 12.3 Å². The number of thioether (sulfide) groups is 1. The molecule has 2 N–H and O–H groups in total. The highest BCUT2D eigenvalue weighted by Gasteiger charge is 2.30. The first-order valence-corrected chi connectivity index (χ1v) is 9.75. The van der Waals surface area contributed by atoms with Gasteiger partial charge in [-0.25, -0.2) is 4.79 Å². The van der Waals surface area contributed by atoms with Crippen molar-refractivity contribution >= 4 is 17.9 Å². The van der Waals surface area contributed by atoms with Gasteiger partial charge in [0.25, 0.3) is 5.22 Å². The largest absolute Gasteiger partial charge is 0.444 e. The van der Waals surface area contributed by atoms with Crippen molar-refractivity contribution < 1.29 is 19.1 Å². The highest BCUT2D eigenvalue weighted by Crippen LogP contribution is 2.24. The predicted molar refractivity (Wildman–Crippen MR) is 101 cm³/mol. The Morgan fingerprint density at radius 1 is 1.35 bits per heavy atom. The van der Waals surface area contributed by atoms with Crippen LogP contribution < -0.4 is 5.32 Å². The lowest BCUT2D eigenvalue weighted by Crippen LogP contribution is -2.43. The van der Waals surface area contributed by atoms with Crippen LogP contribution >= 0.6 is 11.8 Å². The lowest BCUT2D eigenvalue weighted by Gasteiger charge is -2.26. The van der Waals surface area contributed by atoms with Crippen LogP contribution in [0, 0.1) is 5.92 Å². The van der Waals surface area contributed by atoms with Gasteiger partial charge in [0, 0.05) is 12.3 Å². The molecule has 1 amide bonds. The minimum atomic E-state index is -1.10. The van der Waals surface area contributed by atoms with E-state index in [9.17, 15) is 9.90 Å². The maximum atomic E-state index is 12.1. The molecular formula is C17H32N4O4S. The van der Waals surface area contributed by atoms with Gasteiger partial charge in [-0.3, -0.25) is 0 Å². The van der Waals surface area contributed by atoms with Gasteiger partial charge in [0.1, 0.15) is 5.60 Å². The SMILES string of the molecule is CC(C)C[C@H](NC(=O)OC(C)(C)C)C(O)c1nnc(SCCN(C)C)o1. The van der Waals surface area contributed by atoms with Crippen molar-refractivity contribution in [3.63, 3.8) is 0 Å². The molecule has 26 heavy (non-hydrogen) atoms. The molecule has 0 saturated heterocycles. The smallest absolute Gasteiger partial charge is 0.407 e. The normalized spacial score (nSPS) is 14.5. The number of aromatic nitrogens is 2. The zero-order valence-corrected chi connectivity index (χ0v) is 17.6. The minimum Gasteiger partial charge on any atom is -0.444 e. The predicted octanol–water partition coefficient (Wildman–Crippen LogP) is 2.70. The van der Waals surface area contributed by atoms with Crippen molar-refractivity contribution in [2.24, 2.45) is 5.92 Å². The Hall–Kier alpha value is -1.32. The molecule has 1 rings (SSSR count). The van der Waals surface area contributed by atoms with Crippen LogP contribution in [-0.4, -0.2) is 64.3 Å². The Morgan fingerprint density at radius 2 is 2.00 bits per heavy atom. The number of carbonyl (C=O) groups excluding carboxylic acids is 1. The van der Waals surface area contributed by atoms with Crippen LogP contribution in [0.2, 0.25) is 0 Å². The summed E-state index contributed by atoms with van der Waals surface area (Å²) in [5.41, 5.74) is -0.613. The molecule has 2 atom stereocenters. The van der Waals surface area contributed by atoms with Crippen molar-refractivity contribution in [2.75, 3.05) is 26.4 Å². The highest BCUT2D eigenvalue weighted by molar-refractivity contribution is 7.99. The topological polar surface area (TPSA) is 101 Å². The third-order valence-corrected chi connectivity index (χ3v) is 4.05. The number of hydrogen-bond acceptors (Lipinski definition) is 8. The van der Waals surface area contributed by atoms with E-state index in [1.165, 1.54) is 11.8 Å². The zero-order valence-electron chi connectivity index (χ0n) is 16.8. The summed E-state index contributed by atoms with van der Waals surface area (Å²) in [6.07, 6.45) is -1.13. The molecule has 0 radical (unpaired) electrons. The lowest BCUT2D eigenvalue weighted by molar-refractivity contribution is 0.0359. The molecule has 1 aromatic rings. The highest BCUT2D eigenvalue weighted by atomic mass is 32.2. The first-order chi connectivity index (χ1) is 12.0. The van der Waals surface area contributed by atoms with E-state index in [1.807, 2.05) is 27.9 Å². The Labute approximate surface area is 160 Å². The van der Waals surface area contributed by atoms with E-state index >= 15 is 0 Å². The number of alkyl carbamates (subject to hydrolysis) is 1. The van der Waals surface area contributed by atoms with E-state index < -0.39 is 23.8 Å². The molecule has 0 aliphatic rings. The summed E-state index contributed by atoms with van der Waals surface area (Å²) in [7, 11) is 3.98. The van der Waals surface area contributed by atoms with Gasteiger partial charge in [-0.05, 0) is 47.2 Å². The number of amides is 1. The molecule has 150 valence electrons. The van der Waals surface area contributed by atoms with Crippen LogP contribution in [-0.2, 0) is 4.74 Å². The van der Waals surface area contributed by atoms with E-state index in [2.05, 4.69) is 20.4 Å². The summed E-state index contributed by atoms with van der Waals surface area (Å²) < 4.78 is 10.8. The van der Waals surface area contributed by atoms with Gasteiger partial charge in [0.05, 0.1) is 6.04 Å². The summed E-state index contributed by atoms with van der Waals surface area (Å²) in [5.74, 6) is 1.15. The maximum Gasteiger partial charge on any atom is 0.407 e. The monoisotopic (exact) mass is 388 g/mol. The Kier molecular flexibility index (Phi) is 8.85. The molecule has 0 fully saturated rings. The number of rotatable bonds is 9. The van der Waals surface area contributed by atoms with Crippen molar-refractivity contribution in [1.82, 2.24) is 20.4 Å². The van der Waals surface area contributed by atoms with Crippen LogP contribution in [0.1, 0.15) is 53.0 Å². The standard InChI is InChI=1S/C17H32N4O4S/c1-11(2)10-12(18-15(23)25-17(3,4)5)13(22)14-19-20-16(24-14)26-9-8-21(6)7/h11-13,22H,8-10H2,1-7H3,(H,18,23)/t12-,13?/m0/s1. The molecule has 8 nitrogen and oxygen atoms in total. The fourth-order valence-electron chi connectivity index (χ4n) is 2.12. The van der Waals surface area contributed by atoms with E-state index in [4.69, 9.17) is 9.15 Å². The van der Waals surface area contributed by atoms with Gasteiger partial charge in [-0.2, -0.15) is 0 Å². The first kappa shape index (κ1) is 22.7. The van der Waals surface area contributed by atoms with Crippen LogP contribution in [0.15, 0.2) is 9.64 Å². The van der Waals surface area contributed by atoms with E-state index in [1.54, 1.807) is 20.8 Å². The van der Waals surface area contributed by atoms with Crippen LogP contribution in [0.25, 0.3) is 0 Å². The molecule has 0 aliphatic carbocycles. The number of nitrogens with one attached hydrogen (secondary N) is 1. The van der Waals surface area contributed by atoms with Gasteiger partial charge >= 0.3 is 6.09 Å². The van der Waals surface area contributed by atoms with Gasteiger partial charge in [-0.15, -0.1) is 10.2 Å². The molecule has 1 aromatic heterocycles. The van der Waals surface area contributed by atoms with Gasteiger partial charge in [-0.1, -0.05) is 25.6 Å². The zero-order chi connectivity index (χ0) is 19.9. The quantitative estimate of drug-likeness (QED) is 0.623. The van der Waals surface area contributed by atoms with Gasteiger partial charge in [0.2, 0.25) is 5.89 Å². The number of ether oxygens (including phenoxy) is 1. The minimum absolute atomic E-state index is 0.0964. The first-order valence-electron chi connectivity index (χ1n) is 8.76. The Morgan fingerprint density at radius 3 is 2.54 bits per heavy atom. The van der Waals surface area contributed by atoms with Crippen molar-refractivity contribution in [3.05, 3.63) is 5.89 Å². The second kappa shape index (κ2) is 10.1. The third-order valence-electron chi connectivity index (χ3n) is 3.25. The molecule has 9 heteroatoms. The van der Waals surface area contributed by atoms with E-state index in [0.29, 0.717) is 11.6 Å². The number of aliphatic hydroxyl groups is 1. The van der Waals surface area contributed by atoms with Crippen LogP contribution in [0.3, 0.4) is 0 Å². The lowest BCUT2D eigenvalue weighted by atomic mass is 9.99. The summed E-state index contributed by atoms with van der Waals surface area (Å²) in [6.45, 7) is 10.3. The Balaban J connectivity index is 2.74. The van der Waals surface area contributed by atoms with Crippen LogP contribution in [0.4, 0.5) is 4.79 Å². The third kappa shape index (κ3) is 8.86. The molecular weight excluding hydrogens is 356 g/mol. The summed E-state index contributed by atoms with van der Waals surface area (Å²) in [4.78, 5) is 14.1. The fourth-order valence-corrected chi connectivity index (χ4v) is 2.99. The maximum absolute atomic E-state index is 12.1. The summed E-state index contributed by atoms with van der Waals surface area (Å²) in [5, 5.41) is 21.6. The summed E-state index contributed by atoms with van der Waals surface area (Å²) in [6, 6.07) is -0.579. The summed E-state index contributed by atoms with van der Waals surface area (Å²) >= 11 is 1.43. The molecule has 1 unspecified atom stereocenters. The van der Waals surface area contributed by atoms with Gasteiger partial charge < -0.3 is 24.5 Å². The number of nitrogens with zero attached hydrogens (tertiary/aromatic N) is 3. The van der Waals surface area contributed by atoms with Crippen LogP contribution in [0.5, 0.6) is 0 Å². The van der Waals surface area contributed by atoms with E-state index in [-0.39, 0.29) is 11.8 Å². The average Bonchev–Trinajstić information content (AvgIpc) is 2.91. The average molecular weight is 389 g/mol. The molecule has 0 spiro atoms. The molecule has 0 bridgehead atoms. The molecule has 0 aliphatic heterocycles. The van der Waals surface area contributed by atoms with Crippen molar-refractivity contribution in [3.8, 4) is 0 Å². The number of aliphatic hydroxyl groups excluding tert-OH is 1. The fraction of sp³-hybridized carbons (Fsp3) is 0.824. The number of carbonyl (C=O) groups is 1.